The maximum Gasteiger partial charge on any atom is 0.356 e. The summed E-state index contributed by atoms with van der Waals surface area (Å²) in [5.74, 6) is -0.847. The van der Waals surface area contributed by atoms with Crippen molar-refractivity contribution in [3.8, 4) is 5.75 Å². The van der Waals surface area contributed by atoms with Gasteiger partial charge in [-0.3, -0.25) is 0 Å². The molecule has 0 N–H and O–H groups in total. The Morgan fingerprint density at radius 3 is 2.78 bits per heavy atom. The van der Waals surface area contributed by atoms with Crippen molar-refractivity contribution in [2.24, 2.45) is 0 Å². The minimum Gasteiger partial charge on any atom is -0.443 e. The molecule has 1 aliphatic heterocycles. The first-order chi connectivity index (χ1) is 10.9. The van der Waals surface area contributed by atoms with Crippen molar-refractivity contribution in [1.82, 2.24) is 0 Å². The average Bonchev–Trinajstić information content (AvgIpc) is 2.50. The van der Waals surface area contributed by atoms with Gasteiger partial charge >= 0.3 is 11.9 Å². The number of ether oxygens (including phenoxy) is 2. The molecular formula is C17H12BrClO4. The monoisotopic (exact) mass is 394 g/mol. The molecule has 6 heteroatoms. The highest BCUT2D eigenvalue weighted by Gasteiger charge is 2.44. The smallest absolute Gasteiger partial charge is 0.356 e. The van der Waals surface area contributed by atoms with Crippen LogP contribution in [0.4, 0.5) is 0 Å². The van der Waals surface area contributed by atoms with Crippen LogP contribution in [0.15, 0.2) is 46.9 Å². The van der Waals surface area contributed by atoms with Crippen LogP contribution in [0.5, 0.6) is 5.75 Å². The van der Waals surface area contributed by atoms with E-state index >= 15 is 0 Å². The topological polar surface area (TPSA) is 52.6 Å². The summed E-state index contributed by atoms with van der Waals surface area (Å²) < 4.78 is 11.3. The number of benzene rings is 2. The highest BCUT2D eigenvalue weighted by molar-refractivity contribution is 9.10. The second-order valence-electron chi connectivity index (χ2n) is 5.42. The largest absolute Gasteiger partial charge is 0.443 e. The molecule has 0 aliphatic carbocycles. The molecule has 0 fully saturated rings. The van der Waals surface area contributed by atoms with E-state index in [4.69, 9.17) is 21.1 Å². The molecule has 1 heterocycles. The second-order valence-corrected chi connectivity index (χ2v) is 6.71. The third kappa shape index (κ3) is 3.12. The summed E-state index contributed by atoms with van der Waals surface area (Å²) in [6.45, 7) is 1.55. The van der Waals surface area contributed by atoms with Gasteiger partial charge in [-0.05, 0) is 52.7 Å². The lowest BCUT2D eigenvalue weighted by molar-refractivity contribution is -0.155. The van der Waals surface area contributed by atoms with Crippen LogP contribution in [0.3, 0.4) is 0 Å². The molecule has 2 aromatic rings. The molecule has 0 spiro atoms. The molecule has 0 radical (unpaired) electrons. The Morgan fingerprint density at radius 2 is 2.04 bits per heavy atom. The van der Waals surface area contributed by atoms with Gasteiger partial charge in [0.1, 0.15) is 5.75 Å². The summed E-state index contributed by atoms with van der Waals surface area (Å²) in [5.41, 5.74) is -0.131. The SMILES string of the molecule is CC1(C(=O)Oc2ccc(Cl)cc2Br)Cc2ccccc2C(=O)O1. The summed E-state index contributed by atoms with van der Waals surface area (Å²) in [5, 5.41) is 0.515. The van der Waals surface area contributed by atoms with Crippen molar-refractivity contribution in [1.29, 1.82) is 0 Å². The zero-order valence-corrected chi connectivity index (χ0v) is 14.5. The van der Waals surface area contributed by atoms with Gasteiger partial charge in [0.15, 0.2) is 0 Å². The first-order valence-electron chi connectivity index (χ1n) is 6.88. The predicted molar refractivity (Wildman–Crippen MR) is 88.8 cm³/mol. The molecule has 118 valence electrons. The van der Waals surface area contributed by atoms with Gasteiger partial charge in [0.25, 0.3) is 0 Å². The lowest BCUT2D eigenvalue weighted by Crippen LogP contribution is -2.48. The van der Waals surface area contributed by atoms with Gasteiger partial charge in [-0.2, -0.15) is 0 Å². The van der Waals surface area contributed by atoms with Gasteiger partial charge in [0.05, 0.1) is 10.0 Å². The van der Waals surface area contributed by atoms with Crippen molar-refractivity contribution in [3.63, 3.8) is 0 Å². The summed E-state index contributed by atoms with van der Waals surface area (Å²) in [6, 6.07) is 11.9. The number of carbonyl (C=O) groups is 2. The average molecular weight is 396 g/mol. The third-order valence-electron chi connectivity index (χ3n) is 3.61. The number of cyclic esters (lactones) is 1. The van der Waals surface area contributed by atoms with E-state index in [1.165, 1.54) is 0 Å². The van der Waals surface area contributed by atoms with E-state index in [1.54, 1.807) is 43.3 Å². The third-order valence-corrected chi connectivity index (χ3v) is 4.47. The molecule has 0 saturated heterocycles. The van der Waals surface area contributed by atoms with E-state index in [0.29, 0.717) is 20.8 Å². The lowest BCUT2D eigenvalue weighted by atomic mass is 9.90. The van der Waals surface area contributed by atoms with Gasteiger partial charge in [-0.1, -0.05) is 29.8 Å². The van der Waals surface area contributed by atoms with Crippen molar-refractivity contribution >= 4 is 39.5 Å². The van der Waals surface area contributed by atoms with E-state index in [-0.39, 0.29) is 6.42 Å². The van der Waals surface area contributed by atoms with Crippen LogP contribution < -0.4 is 4.74 Å². The lowest BCUT2D eigenvalue weighted by Gasteiger charge is -2.32. The molecule has 1 atom stereocenters. The fourth-order valence-electron chi connectivity index (χ4n) is 2.41. The molecule has 0 amide bonds. The fourth-order valence-corrected chi connectivity index (χ4v) is 3.18. The first-order valence-corrected chi connectivity index (χ1v) is 8.05. The Morgan fingerprint density at radius 1 is 1.30 bits per heavy atom. The molecular weight excluding hydrogens is 384 g/mol. The second kappa shape index (κ2) is 5.98. The van der Waals surface area contributed by atoms with Gasteiger partial charge in [-0.25, -0.2) is 9.59 Å². The van der Waals surface area contributed by atoms with Crippen LogP contribution in [-0.2, 0) is 16.0 Å². The van der Waals surface area contributed by atoms with Crippen LogP contribution in [0, 0.1) is 0 Å². The Labute approximate surface area is 146 Å². The molecule has 0 saturated carbocycles. The van der Waals surface area contributed by atoms with E-state index in [0.717, 1.165) is 5.56 Å². The van der Waals surface area contributed by atoms with E-state index < -0.39 is 17.5 Å². The number of carbonyl (C=O) groups excluding carboxylic acids is 2. The highest BCUT2D eigenvalue weighted by atomic mass is 79.9. The normalized spacial score (nSPS) is 19.7. The quantitative estimate of drug-likeness (QED) is 0.565. The molecule has 1 aliphatic rings. The number of hydrogen-bond donors (Lipinski definition) is 0. The van der Waals surface area contributed by atoms with Crippen LogP contribution in [0.25, 0.3) is 0 Å². The molecule has 23 heavy (non-hydrogen) atoms. The first kappa shape index (κ1) is 16.0. The number of rotatable bonds is 2. The zero-order chi connectivity index (χ0) is 16.6. The number of hydrogen-bond acceptors (Lipinski definition) is 4. The number of esters is 2. The Balaban J connectivity index is 1.86. The van der Waals surface area contributed by atoms with Gasteiger partial charge in [-0.15, -0.1) is 0 Å². The maximum absolute atomic E-state index is 12.5. The van der Waals surface area contributed by atoms with Crippen LogP contribution in [0.1, 0.15) is 22.8 Å². The summed E-state index contributed by atoms with van der Waals surface area (Å²) in [7, 11) is 0. The minimum atomic E-state index is -1.37. The Hall–Kier alpha value is -1.85. The standard InChI is InChI=1S/C17H12BrClO4/c1-17(9-10-4-2-3-5-12(10)15(20)23-17)16(21)22-14-7-6-11(19)8-13(14)18/h2-8H,9H2,1H3. The van der Waals surface area contributed by atoms with Gasteiger partial charge in [0.2, 0.25) is 5.60 Å². The summed E-state index contributed by atoms with van der Waals surface area (Å²) in [4.78, 5) is 24.6. The molecule has 0 aromatic heterocycles. The predicted octanol–water partition coefficient (Wildman–Crippen LogP) is 4.18. The van der Waals surface area contributed by atoms with E-state index in [1.807, 2.05) is 6.07 Å². The van der Waals surface area contributed by atoms with Gasteiger partial charge < -0.3 is 9.47 Å². The van der Waals surface area contributed by atoms with Crippen molar-refractivity contribution in [3.05, 3.63) is 63.1 Å². The van der Waals surface area contributed by atoms with Crippen LogP contribution in [0.2, 0.25) is 5.02 Å². The molecule has 1 unspecified atom stereocenters. The zero-order valence-electron chi connectivity index (χ0n) is 12.1. The van der Waals surface area contributed by atoms with Crippen molar-refractivity contribution < 1.29 is 19.1 Å². The Bertz CT molecular complexity index is 805. The van der Waals surface area contributed by atoms with Crippen molar-refractivity contribution in [2.45, 2.75) is 18.9 Å². The molecule has 4 nitrogen and oxygen atoms in total. The molecule has 0 bridgehead atoms. The summed E-state index contributed by atoms with van der Waals surface area (Å²) >= 11 is 9.15. The molecule has 3 rings (SSSR count). The van der Waals surface area contributed by atoms with Gasteiger partial charge in [0, 0.05) is 11.4 Å². The van der Waals surface area contributed by atoms with E-state index in [9.17, 15) is 9.59 Å². The van der Waals surface area contributed by atoms with E-state index in [2.05, 4.69) is 15.9 Å². The highest BCUT2D eigenvalue weighted by Crippen LogP contribution is 2.32. The Kier molecular flexibility index (Phi) is 4.17. The maximum atomic E-state index is 12.5. The van der Waals surface area contributed by atoms with Crippen LogP contribution >= 0.6 is 27.5 Å². The molecule has 2 aromatic carbocycles. The minimum absolute atomic E-state index is 0.263. The van der Waals surface area contributed by atoms with Crippen LogP contribution in [-0.4, -0.2) is 17.5 Å². The van der Waals surface area contributed by atoms with Crippen molar-refractivity contribution in [2.75, 3.05) is 0 Å². The fraction of sp³-hybridized carbons (Fsp3) is 0.176. The summed E-state index contributed by atoms with van der Waals surface area (Å²) in [6.07, 6.45) is 0.263. The number of fused-ring (bicyclic) bond motifs is 1. The number of halogens is 2.